The molecule has 0 radical (unpaired) electrons. The van der Waals surface area contributed by atoms with Crippen LogP contribution in [0.3, 0.4) is 0 Å². The predicted molar refractivity (Wildman–Crippen MR) is 106 cm³/mol. The molecule has 2 aromatic rings. The van der Waals surface area contributed by atoms with E-state index in [-0.39, 0.29) is 24.2 Å². The number of benzene rings is 2. The molecule has 1 fully saturated rings. The third kappa shape index (κ3) is 3.79. The molecule has 26 heavy (non-hydrogen) atoms. The molecule has 4 nitrogen and oxygen atoms in total. The largest absolute Gasteiger partial charge is 0.326 e. The molecule has 1 unspecified atom stereocenters. The number of anilines is 2. The molecule has 1 aliphatic rings. The van der Waals surface area contributed by atoms with Crippen molar-refractivity contribution in [2.45, 2.75) is 40.0 Å². The minimum absolute atomic E-state index is 0.00834. The van der Waals surface area contributed by atoms with Crippen LogP contribution >= 0.6 is 0 Å². The molecule has 0 aromatic heterocycles. The highest BCUT2D eigenvalue weighted by Crippen LogP contribution is 2.29. The zero-order chi connectivity index (χ0) is 18.8. The van der Waals surface area contributed by atoms with Gasteiger partial charge in [-0.25, -0.2) is 0 Å². The lowest BCUT2D eigenvalue weighted by atomic mass is 10.0. The summed E-state index contributed by atoms with van der Waals surface area (Å²) in [6.45, 7) is 8.71. The van der Waals surface area contributed by atoms with Gasteiger partial charge in [0.15, 0.2) is 0 Å². The van der Waals surface area contributed by atoms with Crippen LogP contribution < -0.4 is 10.2 Å². The monoisotopic (exact) mass is 350 g/mol. The maximum Gasteiger partial charge on any atom is 0.229 e. The van der Waals surface area contributed by atoms with Crippen molar-refractivity contribution in [2.75, 3.05) is 16.8 Å². The number of carbonyl (C=O) groups excluding carboxylic acids is 2. The average molecular weight is 350 g/mol. The quantitative estimate of drug-likeness (QED) is 0.887. The number of hydrogen-bond donors (Lipinski definition) is 1. The second-order valence-corrected chi connectivity index (χ2v) is 7.46. The Hall–Kier alpha value is -2.62. The van der Waals surface area contributed by atoms with Crippen LogP contribution in [0.15, 0.2) is 42.5 Å². The van der Waals surface area contributed by atoms with E-state index in [0.29, 0.717) is 12.5 Å². The maximum absolute atomic E-state index is 12.6. The number of rotatable bonds is 4. The molecule has 4 heteroatoms. The number of amides is 2. The molecular formula is C22H26N2O2. The number of carbonyl (C=O) groups is 2. The molecule has 2 amide bonds. The van der Waals surface area contributed by atoms with Crippen LogP contribution in [-0.2, 0) is 9.59 Å². The third-order valence-corrected chi connectivity index (χ3v) is 5.00. The van der Waals surface area contributed by atoms with E-state index in [1.807, 2.05) is 56.3 Å². The van der Waals surface area contributed by atoms with Crippen molar-refractivity contribution in [2.24, 2.45) is 5.92 Å². The van der Waals surface area contributed by atoms with Crippen molar-refractivity contribution in [3.63, 3.8) is 0 Å². The number of aryl methyl sites for hydroxylation is 2. The molecule has 0 bridgehead atoms. The first-order valence-corrected chi connectivity index (χ1v) is 9.13. The summed E-state index contributed by atoms with van der Waals surface area (Å²) in [5, 5.41) is 2.95. The Kier molecular flexibility index (Phi) is 5.12. The molecule has 1 heterocycles. The van der Waals surface area contributed by atoms with Gasteiger partial charge in [0.05, 0.1) is 5.92 Å². The van der Waals surface area contributed by atoms with Crippen molar-refractivity contribution in [3.8, 4) is 0 Å². The molecule has 1 N–H and O–H groups in total. The fourth-order valence-electron chi connectivity index (χ4n) is 3.32. The number of hydrogen-bond acceptors (Lipinski definition) is 2. The summed E-state index contributed by atoms with van der Waals surface area (Å²) < 4.78 is 0. The summed E-state index contributed by atoms with van der Waals surface area (Å²) >= 11 is 0. The highest BCUT2D eigenvalue weighted by molar-refractivity contribution is 6.03. The lowest BCUT2D eigenvalue weighted by molar-refractivity contribution is -0.122. The first-order chi connectivity index (χ1) is 12.3. The molecule has 3 rings (SSSR count). The summed E-state index contributed by atoms with van der Waals surface area (Å²) in [6.07, 6.45) is 0.253. The van der Waals surface area contributed by atoms with Crippen LogP contribution in [0.5, 0.6) is 0 Å². The van der Waals surface area contributed by atoms with E-state index in [2.05, 4.69) is 19.2 Å². The fourth-order valence-corrected chi connectivity index (χ4v) is 3.32. The minimum Gasteiger partial charge on any atom is -0.326 e. The molecule has 1 aliphatic heterocycles. The Morgan fingerprint density at radius 2 is 1.81 bits per heavy atom. The van der Waals surface area contributed by atoms with E-state index < -0.39 is 0 Å². The van der Waals surface area contributed by atoms with Gasteiger partial charge in [-0.05, 0) is 54.7 Å². The van der Waals surface area contributed by atoms with Gasteiger partial charge >= 0.3 is 0 Å². The number of nitrogens with zero attached hydrogens (tertiary/aromatic N) is 1. The SMILES string of the molecule is Cc1ccc(C)c(N2CC(C(=O)Nc3ccc(C(C)C)cc3)CC2=O)c1. The Morgan fingerprint density at radius 3 is 2.46 bits per heavy atom. The van der Waals surface area contributed by atoms with Gasteiger partial charge in [-0.3, -0.25) is 9.59 Å². The predicted octanol–water partition coefficient (Wildman–Crippen LogP) is 4.42. The highest BCUT2D eigenvalue weighted by Gasteiger charge is 2.35. The molecule has 136 valence electrons. The van der Waals surface area contributed by atoms with Crippen LogP contribution in [0, 0.1) is 19.8 Å². The maximum atomic E-state index is 12.6. The van der Waals surface area contributed by atoms with Crippen molar-refractivity contribution < 1.29 is 9.59 Å². The molecule has 0 saturated carbocycles. The van der Waals surface area contributed by atoms with Gasteiger partial charge in [0.25, 0.3) is 0 Å². The number of nitrogens with one attached hydrogen (secondary N) is 1. The standard InChI is InChI=1S/C22H26N2O2/c1-14(2)17-7-9-19(10-8-17)23-22(26)18-12-21(25)24(13-18)20-11-15(3)5-6-16(20)4/h5-11,14,18H,12-13H2,1-4H3,(H,23,26). The Bertz CT molecular complexity index is 825. The second kappa shape index (κ2) is 7.32. The second-order valence-electron chi connectivity index (χ2n) is 7.46. The summed E-state index contributed by atoms with van der Waals surface area (Å²) in [7, 11) is 0. The molecule has 0 aliphatic carbocycles. The van der Waals surface area contributed by atoms with E-state index in [1.165, 1.54) is 5.56 Å². The zero-order valence-electron chi connectivity index (χ0n) is 15.9. The third-order valence-electron chi connectivity index (χ3n) is 5.00. The van der Waals surface area contributed by atoms with Gasteiger partial charge in [0, 0.05) is 24.3 Å². The topological polar surface area (TPSA) is 49.4 Å². The molecular weight excluding hydrogens is 324 g/mol. The first-order valence-electron chi connectivity index (χ1n) is 9.13. The Labute approximate surface area is 155 Å². The van der Waals surface area contributed by atoms with E-state index >= 15 is 0 Å². The summed E-state index contributed by atoms with van der Waals surface area (Å²) in [4.78, 5) is 26.8. The van der Waals surface area contributed by atoms with Crippen LogP contribution in [0.2, 0.25) is 0 Å². The summed E-state index contributed by atoms with van der Waals surface area (Å²) in [6, 6.07) is 14.0. The van der Waals surface area contributed by atoms with Crippen LogP contribution in [-0.4, -0.2) is 18.4 Å². The lowest BCUT2D eigenvalue weighted by Gasteiger charge is -2.19. The van der Waals surface area contributed by atoms with Crippen LogP contribution in [0.1, 0.15) is 42.9 Å². The first kappa shape index (κ1) is 18.2. The van der Waals surface area contributed by atoms with E-state index in [9.17, 15) is 9.59 Å². The molecule has 1 saturated heterocycles. The van der Waals surface area contributed by atoms with Gasteiger partial charge in [-0.2, -0.15) is 0 Å². The molecule has 2 aromatic carbocycles. The van der Waals surface area contributed by atoms with Gasteiger partial charge in [0.2, 0.25) is 11.8 Å². The van der Waals surface area contributed by atoms with Gasteiger partial charge in [-0.1, -0.05) is 38.1 Å². The molecule has 0 spiro atoms. The van der Waals surface area contributed by atoms with E-state index in [4.69, 9.17) is 0 Å². The van der Waals surface area contributed by atoms with Gasteiger partial charge in [0.1, 0.15) is 0 Å². The average Bonchev–Trinajstić information content (AvgIpc) is 2.99. The Balaban J connectivity index is 1.70. The van der Waals surface area contributed by atoms with Crippen LogP contribution in [0.25, 0.3) is 0 Å². The summed E-state index contributed by atoms with van der Waals surface area (Å²) in [5.74, 6) is 0.0444. The smallest absolute Gasteiger partial charge is 0.229 e. The van der Waals surface area contributed by atoms with Gasteiger partial charge in [-0.15, -0.1) is 0 Å². The normalized spacial score (nSPS) is 17.0. The van der Waals surface area contributed by atoms with E-state index in [0.717, 1.165) is 22.5 Å². The summed E-state index contributed by atoms with van der Waals surface area (Å²) in [5.41, 5.74) is 5.08. The fraction of sp³-hybridized carbons (Fsp3) is 0.364. The van der Waals surface area contributed by atoms with Gasteiger partial charge < -0.3 is 10.2 Å². The molecule has 1 atom stereocenters. The highest BCUT2D eigenvalue weighted by atomic mass is 16.2. The van der Waals surface area contributed by atoms with E-state index in [1.54, 1.807) is 4.90 Å². The van der Waals surface area contributed by atoms with Crippen molar-refractivity contribution in [1.82, 2.24) is 0 Å². The lowest BCUT2D eigenvalue weighted by Crippen LogP contribution is -2.28. The van der Waals surface area contributed by atoms with Crippen LogP contribution in [0.4, 0.5) is 11.4 Å². The van der Waals surface area contributed by atoms with Crippen molar-refractivity contribution in [3.05, 3.63) is 59.2 Å². The Morgan fingerprint density at radius 1 is 1.12 bits per heavy atom. The minimum atomic E-state index is -0.327. The zero-order valence-corrected chi connectivity index (χ0v) is 15.9. The van der Waals surface area contributed by atoms with Crippen molar-refractivity contribution >= 4 is 23.2 Å². The van der Waals surface area contributed by atoms with Crippen molar-refractivity contribution in [1.29, 1.82) is 0 Å².